The summed E-state index contributed by atoms with van der Waals surface area (Å²) in [7, 11) is 3.90. The molecule has 0 atom stereocenters. The van der Waals surface area contributed by atoms with Gasteiger partial charge in [0.2, 0.25) is 0 Å². The molecular formula is C24H27N10Na. The molecule has 2 aliphatic heterocycles. The van der Waals surface area contributed by atoms with Gasteiger partial charge < -0.3 is 26.5 Å². The molecule has 0 saturated heterocycles. The molecule has 0 saturated carbocycles. The average Bonchev–Trinajstić information content (AvgIpc) is 3.55. The molecule has 174 valence electrons. The number of benzene rings is 1. The quantitative estimate of drug-likeness (QED) is 0.174. The number of rotatable bonds is 7. The van der Waals surface area contributed by atoms with Gasteiger partial charge in [0.05, 0.1) is 24.6 Å². The van der Waals surface area contributed by atoms with Gasteiger partial charge in [-0.15, -0.1) is 0 Å². The second-order valence-corrected chi connectivity index (χ2v) is 8.46. The van der Waals surface area contributed by atoms with Crippen LogP contribution in [0, 0.1) is 19.4 Å². The van der Waals surface area contributed by atoms with E-state index in [1.807, 2.05) is 25.1 Å². The fourth-order valence-corrected chi connectivity index (χ4v) is 4.40. The molecule has 5 rings (SSSR count). The van der Waals surface area contributed by atoms with E-state index in [1.54, 1.807) is 0 Å². The fourth-order valence-electron chi connectivity index (χ4n) is 4.40. The number of anilines is 1. The maximum Gasteiger partial charge on any atom is 1.00 e. The molecule has 11 heteroatoms. The summed E-state index contributed by atoms with van der Waals surface area (Å²) >= 11 is 0. The monoisotopic (exact) mass is 478 g/mol. The van der Waals surface area contributed by atoms with Gasteiger partial charge in [-0.3, -0.25) is 10.1 Å². The number of hydrogen-bond donors (Lipinski definition) is 5. The summed E-state index contributed by atoms with van der Waals surface area (Å²) in [6.07, 6.45) is 2.34. The van der Waals surface area contributed by atoms with E-state index in [2.05, 4.69) is 44.5 Å². The van der Waals surface area contributed by atoms with Crippen molar-refractivity contribution in [3.63, 3.8) is 0 Å². The molecule has 0 fully saturated rings. The Balaban J connectivity index is 0.00000289. The molecule has 0 aliphatic carbocycles. The van der Waals surface area contributed by atoms with Crippen LogP contribution < -0.4 is 45.9 Å². The first-order valence-corrected chi connectivity index (χ1v) is 11.1. The average molecular weight is 479 g/mol. The Hall–Kier alpha value is -3.18. The Bertz CT molecular complexity index is 1360. The first-order valence-electron chi connectivity index (χ1n) is 11.1. The number of nitrogens with one attached hydrogen (secondary N) is 4. The van der Waals surface area contributed by atoms with E-state index in [0.717, 1.165) is 54.4 Å². The van der Waals surface area contributed by atoms with Gasteiger partial charge in [0.15, 0.2) is 5.82 Å². The van der Waals surface area contributed by atoms with Gasteiger partial charge in [0.25, 0.3) is 0 Å². The second kappa shape index (κ2) is 10.2. The van der Waals surface area contributed by atoms with Crippen LogP contribution in [0.1, 0.15) is 23.2 Å². The molecule has 0 amide bonds. The van der Waals surface area contributed by atoms with E-state index in [0.29, 0.717) is 35.0 Å². The molecule has 0 spiro atoms. The number of aliphatic imine (C=N–C) groups is 1. The van der Waals surface area contributed by atoms with Crippen molar-refractivity contribution < 1.29 is 29.6 Å². The molecule has 2 aromatic heterocycles. The Morgan fingerprint density at radius 2 is 2.20 bits per heavy atom. The van der Waals surface area contributed by atoms with Crippen LogP contribution in [-0.4, -0.2) is 63.1 Å². The summed E-state index contributed by atoms with van der Waals surface area (Å²) in [6.45, 7) is 8.97. The predicted octanol–water partition coefficient (Wildman–Crippen LogP) is -0.629. The minimum Gasteiger partial charge on any atom is -0.399 e. The number of aryl methyl sites for hydroxylation is 1. The van der Waals surface area contributed by atoms with Crippen LogP contribution in [0.5, 0.6) is 0 Å². The molecule has 2 aliphatic rings. The van der Waals surface area contributed by atoms with Crippen molar-refractivity contribution in [3.8, 4) is 22.9 Å². The van der Waals surface area contributed by atoms with Gasteiger partial charge >= 0.3 is 29.6 Å². The number of nitrogens with two attached hydrogens (primary N) is 1. The molecule has 10 nitrogen and oxygen atoms in total. The van der Waals surface area contributed by atoms with Gasteiger partial charge in [-0.25, -0.2) is 10.1 Å². The normalized spacial score (nSPS) is 14.8. The van der Waals surface area contributed by atoms with Crippen molar-refractivity contribution in [2.75, 3.05) is 31.5 Å². The number of aromatic amines is 1. The minimum atomic E-state index is 0. The standard InChI is InChI=1S/C24H27N10.Na/c1-13-6-22(34(3)33-13)24-30-23(31-32-24)17-7-16(14(2)26)8-20(18(17)9-25)29-12-21-19-11-27-5-4-15(19)10-28-21;/h6-9,25,27,29H,2-5,10-12,26H2,1H3,(H,30,31,32);/q-1;+1. The topological polar surface area (TPSA) is 146 Å². The van der Waals surface area contributed by atoms with Crippen LogP contribution in [0.25, 0.3) is 28.6 Å². The van der Waals surface area contributed by atoms with E-state index >= 15 is 0 Å². The minimum absolute atomic E-state index is 0. The van der Waals surface area contributed by atoms with Gasteiger partial charge in [0, 0.05) is 41.0 Å². The Labute approximate surface area is 226 Å². The third kappa shape index (κ3) is 4.83. The number of aromatic nitrogens is 5. The zero-order valence-corrected chi connectivity index (χ0v) is 22.1. The van der Waals surface area contributed by atoms with E-state index in [-0.39, 0.29) is 29.6 Å². The van der Waals surface area contributed by atoms with Gasteiger partial charge in [-0.1, -0.05) is 12.6 Å². The molecule has 4 heterocycles. The van der Waals surface area contributed by atoms with Crippen LogP contribution in [0.4, 0.5) is 5.69 Å². The zero-order valence-electron chi connectivity index (χ0n) is 20.1. The second-order valence-electron chi connectivity index (χ2n) is 8.46. The van der Waals surface area contributed by atoms with Crippen LogP contribution in [0.3, 0.4) is 0 Å². The summed E-state index contributed by atoms with van der Waals surface area (Å²) in [4.78, 5) is 9.39. The number of H-pyrrole nitrogens is 1. The summed E-state index contributed by atoms with van der Waals surface area (Å²) in [5.41, 5.74) is 14.6. The van der Waals surface area contributed by atoms with E-state index in [1.165, 1.54) is 22.0 Å². The van der Waals surface area contributed by atoms with Crippen molar-refractivity contribution >= 4 is 23.3 Å². The summed E-state index contributed by atoms with van der Waals surface area (Å²) in [5, 5.41) is 26.7. The van der Waals surface area contributed by atoms with Crippen molar-refractivity contribution in [2.45, 2.75) is 13.3 Å². The molecule has 3 aromatic rings. The van der Waals surface area contributed by atoms with Crippen LogP contribution in [-0.2, 0) is 0 Å². The molecule has 0 unspecified atom stereocenters. The molecule has 35 heavy (non-hydrogen) atoms. The smallest absolute Gasteiger partial charge is 0.399 e. The summed E-state index contributed by atoms with van der Waals surface area (Å²) in [5.74, 6) is 0.982. The van der Waals surface area contributed by atoms with Crippen molar-refractivity contribution in [2.24, 2.45) is 10.7 Å². The maximum absolute atomic E-state index is 8.14. The molecule has 1 aromatic carbocycles. The Morgan fingerprint density at radius 3 is 2.91 bits per heavy atom. The van der Waals surface area contributed by atoms with Crippen molar-refractivity contribution in [3.05, 3.63) is 59.8 Å². The van der Waals surface area contributed by atoms with Gasteiger partial charge in [-0.05, 0) is 54.4 Å². The van der Waals surface area contributed by atoms with Crippen molar-refractivity contribution in [1.82, 2.24) is 30.3 Å². The van der Waals surface area contributed by atoms with E-state index < -0.39 is 0 Å². The Morgan fingerprint density at radius 1 is 1.37 bits per heavy atom. The zero-order chi connectivity index (χ0) is 23.8. The molecule has 0 radical (unpaired) electrons. The predicted molar refractivity (Wildman–Crippen MR) is 135 cm³/mol. The van der Waals surface area contributed by atoms with Gasteiger partial charge in [0.1, 0.15) is 0 Å². The molecule has 6 N–H and O–H groups in total. The van der Waals surface area contributed by atoms with Crippen LogP contribution in [0.2, 0.25) is 0 Å². The number of hydrogen-bond acceptors (Lipinski definition) is 8. The molecule has 0 bridgehead atoms. The molecular weight excluding hydrogens is 451 g/mol. The first-order chi connectivity index (χ1) is 16.4. The van der Waals surface area contributed by atoms with Crippen LogP contribution in [0.15, 0.2) is 40.9 Å². The van der Waals surface area contributed by atoms with E-state index in [4.69, 9.17) is 16.1 Å². The van der Waals surface area contributed by atoms with Crippen LogP contribution >= 0.6 is 0 Å². The van der Waals surface area contributed by atoms with Gasteiger partial charge in [-0.2, -0.15) is 12.1 Å². The first kappa shape index (κ1) is 24.9. The largest absolute Gasteiger partial charge is 1.00 e. The third-order valence-corrected chi connectivity index (χ3v) is 6.15. The van der Waals surface area contributed by atoms with E-state index in [9.17, 15) is 0 Å². The van der Waals surface area contributed by atoms with Crippen molar-refractivity contribution in [1.29, 1.82) is 5.41 Å². The third-order valence-electron chi connectivity index (χ3n) is 6.15. The Kier molecular flexibility index (Phi) is 7.27. The summed E-state index contributed by atoms with van der Waals surface area (Å²) < 4.78 is 1.51. The summed E-state index contributed by atoms with van der Waals surface area (Å²) in [6, 6.07) is 5.63. The maximum atomic E-state index is 8.14. The SMILES string of the molecule is C=C(N)c1cc(NCC2=NCC3=C2CNCC3)c(C=N)c(-c2n[nH]c(-c3cc(C)nn3[CH2-])n2)c1.[Na+]. The number of nitrogens with zero attached hydrogens (tertiary/aromatic N) is 5. The fraction of sp³-hybridized carbons (Fsp3) is 0.250.